The third-order valence-corrected chi connectivity index (χ3v) is 4.21. The van der Waals surface area contributed by atoms with E-state index in [1.807, 2.05) is 6.92 Å². The predicted octanol–water partition coefficient (Wildman–Crippen LogP) is 2.62. The van der Waals surface area contributed by atoms with Gasteiger partial charge in [0.1, 0.15) is 5.44 Å². The van der Waals surface area contributed by atoms with Gasteiger partial charge in [-0.25, -0.2) is 4.98 Å². The van der Waals surface area contributed by atoms with Gasteiger partial charge in [-0.3, -0.25) is 4.99 Å². The summed E-state index contributed by atoms with van der Waals surface area (Å²) in [6.45, 7) is 1.83. The Bertz CT molecular complexity index is 499. The van der Waals surface area contributed by atoms with Gasteiger partial charge in [-0.1, -0.05) is 11.8 Å². The second-order valence-electron chi connectivity index (χ2n) is 4.20. The van der Waals surface area contributed by atoms with Crippen LogP contribution in [0.25, 0.3) is 0 Å². The molecule has 0 aromatic carbocycles. The van der Waals surface area contributed by atoms with Gasteiger partial charge in [0, 0.05) is 29.8 Å². The fourth-order valence-electron chi connectivity index (χ4n) is 1.92. The number of hydrogen-bond donors (Lipinski definition) is 1. The minimum absolute atomic E-state index is 0.133. The molecule has 1 aromatic rings. The van der Waals surface area contributed by atoms with Crippen LogP contribution in [0.4, 0.5) is 4.39 Å². The van der Waals surface area contributed by atoms with Crippen molar-refractivity contribution < 1.29 is 9.13 Å². The Labute approximate surface area is 117 Å². The summed E-state index contributed by atoms with van der Waals surface area (Å²) in [6, 6.07) is 1.68. The molecule has 0 bridgehead atoms. The summed E-state index contributed by atoms with van der Waals surface area (Å²) in [7, 11) is 1.60. The van der Waals surface area contributed by atoms with E-state index in [1.165, 1.54) is 18.0 Å². The van der Waals surface area contributed by atoms with E-state index in [9.17, 15) is 4.39 Å². The molecule has 98 valence electrons. The maximum absolute atomic E-state index is 13.9. The zero-order valence-corrected chi connectivity index (χ0v) is 12.4. The van der Waals surface area contributed by atoms with Crippen LogP contribution in [0.5, 0.6) is 0 Å². The van der Waals surface area contributed by atoms with Crippen molar-refractivity contribution in [3.63, 3.8) is 0 Å². The first-order valence-corrected chi connectivity index (χ1v) is 6.98. The molecule has 0 aliphatic carbocycles. The lowest BCUT2D eigenvalue weighted by molar-refractivity contribution is 0.142. The van der Waals surface area contributed by atoms with E-state index >= 15 is 0 Å². The Morgan fingerprint density at radius 1 is 1.67 bits per heavy atom. The van der Waals surface area contributed by atoms with Crippen LogP contribution in [0.2, 0.25) is 0 Å². The Hall–Kier alpha value is -0.660. The first-order valence-electron chi connectivity index (χ1n) is 5.31. The van der Waals surface area contributed by atoms with Gasteiger partial charge in [-0.05, 0) is 28.9 Å². The lowest BCUT2D eigenvalue weighted by Crippen LogP contribution is -2.35. The van der Waals surface area contributed by atoms with E-state index in [2.05, 4.69) is 25.9 Å². The van der Waals surface area contributed by atoms with Crippen molar-refractivity contribution in [1.29, 1.82) is 0 Å². The second kappa shape index (κ2) is 5.14. The van der Waals surface area contributed by atoms with E-state index in [1.54, 1.807) is 13.2 Å². The minimum Gasteiger partial charge on any atom is -0.378 e. The Morgan fingerprint density at radius 3 is 3.06 bits per heavy atom. The predicted molar refractivity (Wildman–Crippen MR) is 73.9 cm³/mol. The standard InChI is InChI=1S/C11H13BrFN3OS/c1-11(4-8(17-2)18-10(14)16-11)7-3-6(12)5-15-9(7)13/h3,5,8H,4H2,1-2H3,(H2,14,16)/t8?,11-/m0/s1. The molecule has 2 rings (SSSR count). The quantitative estimate of drug-likeness (QED) is 0.845. The third-order valence-electron chi connectivity index (χ3n) is 2.82. The maximum Gasteiger partial charge on any atom is 0.218 e. The smallest absolute Gasteiger partial charge is 0.218 e. The van der Waals surface area contributed by atoms with Crippen LogP contribution in [0.3, 0.4) is 0 Å². The summed E-state index contributed by atoms with van der Waals surface area (Å²) < 4.78 is 19.9. The Morgan fingerprint density at radius 2 is 2.39 bits per heavy atom. The highest BCUT2D eigenvalue weighted by molar-refractivity contribution is 9.10. The molecule has 1 aliphatic rings. The molecule has 0 amide bonds. The van der Waals surface area contributed by atoms with Crippen molar-refractivity contribution in [3.05, 3.63) is 28.2 Å². The Balaban J connectivity index is 2.47. The molecule has 0 fully saturated rings. The van der Waals surface area contributed by atoms with Gasteiger partial charge in [-0.15, -0.1) is 0 Å². The SMILES string of the molecule is COC1C[C@@](C)(c2cc(Br)cnc2F)N=C(N)S1. The highest BCUT2D eigenvalue weighted by atomic mass is 79.9. The molecule has 7 heteroatoms. The van der Waals surface area contributed by atoms with Gasteiger partial charge in [0.2, 0.25) is 5.95 Å². The normalized spacial score (nSPS) is 28.0. The molecule has 1 aromatic heterocycles. The highest BCUT2D eigenvalue weighted by Crippen LogP contribution is 2.40. The average Bonchev–Trinajstić information content (AvgIpc) is 2.31. The zero-order chi connectivity index (χ0) is 13.3. The van der Waals surface area contributed by atoms with Gasteiger partial charge in [0.25, 0.3) is 0 Å². The van der Waals surface area contributed by atoms with E-state index < -0.39 is 11.5 Å². The summed E-state index contributed by atoms with van der Waals surface area (Å²) in [4.78, 5) is 8.06. The van der Waals surface area contributed by atoms with Crippen molar-refractivity contribution in [2.24, 2.45) is 10.7 Å². The van der Waals surface area contributed by atoms with E-state index in [-0.39, 0.29) is 5.44 Å². The number of ether oxygens (including phenoxy) is 1. The molecule has 18 heavy (non-hydrogen) atoms. The molecule has 2 atom stereocenters. The number of nitrogens with zero attached hydrogens (tertiary/aromatic N) is 2. The molecule has 2 N–H and O–H groups in total. The lowest BCUT2D eigenvalue weighted by Gasteiger charge is -2.33. The van der Waals surface area contributed by atoms with E-state index in [4.69, 9.17) is 10.5 Å². The summed E-state index contributed by atoms with van der Waals surface area (Å²) in [5.74, 6) is -0.529. The number of thioether (sulfide) groups is 1. The largest absolute Gasteiger partial charge is 0.378 e. The molecular weight excluding hydrogens is 321 g/mol. The van der Waals surface area contributed by atoms with Crippen LogP contribution < -0.4 is 5.73 Å². The average molecular weight is 334 g/mol. The molecule has 0 saturated heterocycles. The van der Waals surface area contributed by atoms with Gasteiger partial charge >= 0.3 is 0 Å². The van der Waals surface area contributed by atoms with Crippen LogP contribution in [-0.4, -0.2) is 22.7 Å². The van der Waals surface area contributed by atoms with Crippen molar-refractivity contribution in [2.45, 2.75) is 24.3 Å². The van der Waals surface area contributed by atoms with Gasteiger partial charge < -0.3 is 10.5 Å². The maximum atomic E-state index is 13.9. The minimum atomic E-state index is -0.753. The van der Waals surface area contributed by atoms with Crippen LogP contribution in [0.1, 0.15) is 18.9 Å². The molecule has 1 aliphatic heterocycles. The monoisotopic (exact) mass is 333 g/mol. The number of aliphatic imine (C=N–C) groups is 1. The molecule has 2 heterocycles. The van der Waals surface area contributed by atoms with Crippen molar-refractivity contribution in [2.75, 3.05) is 7.11 Å². The summed E-state index contributed by atoms with van der Waals surface area (Å²) in [6.07, 6.45) is 1.96. The molecular formula is C11H13BrFN3OS. The first kappa shape index (κ1) is 13.8. The van der Waals surface area contributed by atoms with E-state index in [0.717, 1.165) is 0 Å². The number of methoxy groups -OCH3 is 1. The van der Waals surface area contributed by atoms with Crippen LogP contribution in [0, 0.1) is 5.95 Å². The third kappa shape index (κ3) is 2.67. The number of nitrogens with two attached hydrogens (primary N) is 1. The fourth-order valence-corrected chi connectivity index (χ4v) is 3.28. The van der Waals surface area contributed by atoms with E-state index in [0.29, 0.717) is 21.6 Å². The van der Waals surface area contributed by atoms with Crippen molar-refractivity contribution in [3.8, 4) is 0 Å². The Kier molecular flexibility index (Phi) is 3.93. The van der Waals surface area contributed by atoms with Crippen LogP contribution in [0.15, 0.2) is 21.7 Å². The van der Waals surface area contributed by atoms with Crippen LogP contribution in [-0.2, 0) is 10.3 Å². The number of amidine groups is 1. The second-order valence-corrected chi connectivity index (χ2v) is 6.30. The fraction of sp³-hybridized carbons (Fsp3) is 0.455. The summed E-state index contributed by atoms with van der Waals surface area (Å²) >= 11 is 4.63. The molecule has 0 spiro atoms. The summed E-state index contributed by atoms with van der Waals surface area (Å²) in [5, 5.41) is 0.398. The highest BCUT2D eigenvalue weighted by Gasteiger charge is 2.37. The molecule has 0 saturated carbocycles. The first-order chi connectivity index (χ1) is 8.44. The number of halogens is 2. The van der Waals surface area contributed by atoms with Crippen molar-refractivity contribution in [1.82, 2.24) is 4.98 Å². The molecule has 4 nitrogen and oxygen atoms in total. The molecule has 0 radical (unpaired) electrons. The number of hydrogen-bond acceptors (Lipinski definition) is 5. The number of aromatic nitrogens is 1. The summed E-state index contributed by atoms with van der Waals surface area (Å²) in [5.41, 5.74) is 5.31. The van der Waals surface area contributed by atoms with Gasteiger partial charge in [0.15, 0.2) is 5.17 Å². The van der Waals surface area contributed by atoms with Gasteiger partial charge in [-0.2, -0.15) is 4.39 Å². The van der Waals surface area contributed by atoms with Gasteiger partial charge in [0.05, 0.1) is 5.54 Å². The van der Waals surface area contributed by atoms with Crippen molar-refractivity contribution >= 4 is 32.9 Å². The molecule has 1 unspecified atom stereocenters. The lowest BCUT2D eigenvalue weighted by atomic mass is 9.90. The van der Waals surface area contributed by atoms with Crippen LogP contribution >= 0.6 is 27.7 Å². The topological polar surface area (TPSA) is 60.5 Å². The number of rotatable bonds is 2. The zero-order valence-electron chi connectivity index (χ0n) is 9.98. The number of pyridine rings is 1.